The largest absolute Gasteiger partial charge is 0.496 e. The Labute approximate surface area is 187 Å². The summed E-state index contributed by atoms with van der Waals surface area (Å²) in [6, 6.07) is 23.6. The van der Waals surface area contributed by atoms with E-state index >= 15 is 0 Å². The van der Waals surface area contributed by atoms with Crippen molar-refractivity contribution in [3.8, 4) is 5.75 Å². The summed E-state index contributed by atoms with van der Waals surface area (Å²) in [5, 5.41) is 17.4. The first-order chi connectivity index (χ1) is 15.5. The Morgan fingerprint density at radius 1 is 0.781 bits per heavy atom. The second kappa shape index (κ2) is 11.3. The summed E-state index contributed by atoms with van der Waals surface area (Å²) in [5.74, 6) is -2.65. The third-order valence-corrected chi connectivity index (χ3v) is 5.50. The minimum Gasteiger partial charge on any atom is -0.496 e. The molecule has 0 aromatic heterocycles. The van der Waals surface area contributed by atoms with Gasteiger partial charge in [-0.2, -0.15) is 0 Å². The molecule has 1 heterocycles. The number of hydrogen-bond donors (Lipinski definition) is 2. The Morgan fingerprint density at radius 2 is 1.34 bits per heavy atom. The van der Waals surface area contributed by atoms with E-state index < -0.39 is 11.9 Å². The molecule has 168 valence electrons. The van der Waals surface area contributed by atoms with Crippen LogP contribution in [0, 0.1) is 0 Å². The SMILES string of the molecule is COc1ccc2ccccc2c1CN1CCN(Cc2ccccc2)CC1.O=C(O)C(=O)O. The predicted molar refractivity (Wildman–Crippen MR) is 123 cm³/mol. The maximum absolute atomic E-state index is 9.10. The smallest absolute Gasteiger partial charge is 0.414 e. The minimum atomic E-state index is -1.82. The number of nitrogens with zero attached hydrogens (tertiary/aromatic N) is 2. The van der Waals surface area contributed by atoms with E-state index in [9.17, 15) is 0 Å². The second-order valence-corrected chi connectivity index (χ2v) is 7.62. The molecule has 7 nitrogen and oxygen atoms in total. The van der Waals surface area contributed by atoms with Gasteiger partial charge in [-0.05, 0) is 22.4 Å². The fraction of sp³-hybridized carbons (Fsp3) is 0.280. The standard InChI is InChI=1S/C23H26N2O.C2H2O4/c1-26-23-12-11-20-9-5-6-10-21(20)22(23)18-25-15-13-24(14-16-25)17-19-7-3-2-4-8-19;3-1(4)2(5)6/h2-12H,13-18H2,1H3;(H,3,4)(H,5,6). The number of carboxylic acids is 2. The van der Waals surface area contributed by atoms with Gasteiger partial charge in [-0.1, -0.05) is 60.7 Å². The first-order valence-electron chi connectivity index (χ1n) is 10.5. The van der Waals surface area contributed by atoms with Crippen LogP contribution in [0.2, 0.25) is 0 Å². The van der Waals surface area contributed by atoms with Crippen LogP contribution in [-0.2, 0) is 22.7 Å². The molecule has 32 heavy (non-hydrogen) atoms. The van der Waals surface area contributed by atoms with Gasteiger partial charge in [0.1, 0.15) is 5.75 Å². The average molecular weight is 437 g/mol. The van der Waals surface area contributed by atoms with Crippen LogP contribution in [0.1, 0.15) is 11.1 Å². The van der Waals surface area contributed by atoms with Crippen molar-refractivity contribution in [2.45, 2.75) is 13.1 Å². The van der Waals surface area contributed by atoms with Crippen molar-refractivity contribution in [2.24, 2.45) is 0 Å². The van der Waals surface area contributed by atoms with E-state index in [2.05, 4.69) is 76.5 Å². The molecule has 1 saturated heterocycles. The van der Waals surface area contributed by atoms with E-state index in [1.54, 1.807) is 7.11 Å². The molecular weight excluding hydrogens is 408 g/mol. The number of carbonyl (C=O) groups is 2. The van der Waals surface area contributed by atoms with Crippen LogP contribution in [0.25, 0.3) is 10.8 Å². The van der Waals surface area contributed by atoms with E-state index in [4.69, 9.17) is 24.5 Å². The van der Waals surface area contributed by atoms with Gasteiger partial charge in [-0.3, -0.25) is 9.80 Å². The molecule has 0 saturated carbocycles. The van der Waals surface area contributed by atoms with Crippen molar-refractivity contribution in [3.63, 3.8) is 0 Å². The van der Waals surface area contributed by atoms with E-state index in [1.807, 2.05) is 0 Å². The normalized spacial score (nSPS) is 14.4. The number of carboxylic acid groups (broad SMARTS) is 2. The summed E-state index contributed by atoms with van der Waals surface area (Å²) in [5.41, 5.74) is 2.71. The number of rotatable bonds is 5. The molecule has 7 heteroatoms. The van der Waals surface area contributed by atoms with Gasteiger partial charge in [-0.15, -0.1) is 0 Å². The molecule has 0 unspecified atom stereocenters. The second-order valence-electron chi connectivity index (χ2n) is 7.62. The lowest BCUT2D eigenvalue weighted by molar-refractivity contribution is -0.159. The Morgan fingerprint density at radius 3 is 1.94 bits per heavy atom. The lowest BCUT2D eigenvalue weighted by Crippen LogP contribution is -2.45. The van der Waals surface area contributed by atoms with Crippen molar-refractivity contribution in [2.75, 3.05) is 33.3 Å². The molecule has 0 spiro atoms. The number of methoxy groups -OCH3 is 1. The lowest BCUT2D eigenvalue weighted by Gasteiger charge is -2.35. The highest BCUT2D eigenvalue weighted by Crippen LogP contribution is 2.29. The number of piperazine rings is 1. The molecule has 0 atom stereocenters. The fourth-order valence-electron chi connectivity index (χ4n) is 3.84. The zero-order valence-electron chi connectivity index (χ0n) is 18.1. The summed E-state index contributed by atoms with van der Waals surface area (Å²) in [6.07, 6.45) is 0. The van der Waals surface area contributed by atoms with Crippen LogP contribution < -0.4 is 4.74 Å². The first-order valence-corrected chi connectivity index (χ1v) is 10.5. The van der Waals surface area contributed by atoms with Gasteiger partial charge in [0.15, 0.2) is 0 Å². The predicted octanol–water partition coefficient (Wildman–Crippen LogP) is 3.32. The highest BCUT2D eigenvalue weighted by molar-refractivity contribution is 6.27. The van der Waals surface area contributed by atoms with Crippen molar-refractivity contribution >= 4 is 22.7 Å². The van der Waals surface area contributed by atoms with Gasteiger partial charge in [0.25, 0.3) is 0 Å². The fourth-order valence-corrected chi connectivity index (χ4v) is 3.84. The van der Waals surface area contributed by atoms with Crippen LogP contribution in [0.5, 0.6) is 5.75 Å². The van der Waals surface area contributed by atoms with Gasteiger partial charge in [0, 0.05) is 44.8 Å². The number of aliphatic carboxylic acids is 2. The van der Waals surface area contributed by atoms with Crippen LogP contribution in [0.4, 0.5) is 0 Å². The molecule has 1 aliphatic rings. The average Bonchev–Trinajstić information content (AvgIpc) is 2.81. The molecule has 1 aliphatic heterocycles. The molecule has 0 amide bonds. The molecular formula is C25H28N2O5. The van der Waals surface area contributed by atoms with Crippen molar-refractivity contribution < 1.29 is 24.5 Å². The van der Waals surface area contributed by atoms with Crippen molar-refractivity contribution in [1.29, 1.82) is 0 Å². The van der Waals surface area contributed by atoms with Crippen molar-refractivity contribution in [3.05, 3.63) is 77.9 Å². The monoisotopic (exact) mass is 436 g/mol. The Bertz CT molecular complexity index is 1030. The number of ether oxygens (including phenoxy) is 1. The summed E-state index contributed by atoms with van der Waals surface area (Å²) < 4.78 is 5.66. The Hall–Kier alpha value is -3.42. The number of hydrogen-bond acceptors (Lipinski definition) is 5. The van der Waals surface area contributed by atoms with Gasteiger partial charge in [-0.25, -0.2) is 9.59 Å². The zero-order chi connectivity index (χ0) is 22.9. The molecule has 0 aliphatic carbocycles. The Kier molecular flexibility index (Phi) is 8.19. The van der Waals surface area contributed by atoms with Gasteiger partial charge >= 0.3 is 11.9 Å². The molecule has 4 rings (SSSR count). The van der Waals surface area contributed by atoms with Gasteiger partial charge < -0.3 is 14.9 Å². The maximum Gasteiger partial charge on any atom is 0.414 e. The summed E-state index contributed by atoms with van der Waals surface area (Å²) in [4.78, 5) is 23.3. The summed E-state index contributed by atoms with van der Waals surface area (Å²) in [7, 11) is 1.77. The molecule has 2 N–H and O–H groups in total. The van der Waals surface area contributed by atoms with E-state index in [0.29, 0.717) is 0 Å². The quantitative estimate of drug-likeness (QED) is 0.593. The topological polar surface area (TPSA) is 90.3 Å². The van der Waals surface area contributed by atoms with Crippen molar-refractivity contribution in [1.82, 2.24) is 9.80 Å². The van der Waals surface area contributed by atoms with Gasteiger partial charge in [0.2, 0.25) is 0 Å². The molecule has 3 aromatic rings. The molecule has 1 fully saturated rings. The zero-order valence-corrected chi connectivity index (χ0v) is 18.1. The van der Waals surface area contributed by atoms with Crippen LogP contribution in [-0.4, -0.2) is 65.2 Å². The Balaban J connectivity index is 0.000000427. The van der Waals surface area contributed by atoms with Crippen LogP contribution in [0.3, 0.4) is 0 Å². The third kappa shape index (κ3) is 6.29. The lowest BCUT2D eigenvalue weighted by atomic mass is 10.0. The number of fused-ring (bicyclic) bond motifs is 1. The molecule has 3 aromatic carbocycles. The third-order valence-electron chi connectivity index (χ3n) is 5.50. The molecule has 0 bridgehead atoms. The molecule has 0 radical (unpaired) electrons. The summed E-state index contributed by atoms with van der Waals surface area (Å²) in [6.45, 7) is 6.42. The highest BCUT2D eigenvalue weighted by Gasteiger charge is 2.19. The first kappa shape index (κ1) is 23.2. The van der Waals surface area contributed by atoms with E-state index in [-0.39, 0.29) is 0 Å². The summed E-state index contributed by atoms with van der Waals surface area (Å²) >= 11 is 0. The van der Waals surface area contributed by atoms with Crippen LogP contribution in [0.15, 0.2) is 66.7 Å². The van der Waals surface area contributed by atoms with E-state index in [1.165, 1.54) is 21.9 Å². The highest BCUT2D eigenvalue weighted by atomic mass is 16.5. The van der Waals surface area contributed by atoms with Crippen LogP contribution >= 0.6 is 0 Å². The minimum absolute atomic E-state index is 0.948. The van der Waals surface area contributed by atoms with E-state index in [0.717, 1.165) is 45.0 Å². The van der Waals surface area contributed by atoms with Gasteiger partial charge in [0.05, 0.1) is 7.11 Å². The maximum atomic E-state index is 9.10. The number of benzene rings is 3.